The summed E-state index contributed by atoms with van der Waals surface area (Å²) in [6.07, 6.45) is -3.84. The van der Waals surface area contributed by atoms with Crippen LogP contribution in [-0.2, 0) is 11.2 Å². The highest BCUT2D eigenvalue weighted by Crippen LogP contribution is 2.33. The van der Waals surface area contributed by atoms with Crippen molar-refractivity contribution >= 4 is 45.0 Å². The summed E-state index contributed by atoms with van der Waals surface area (Å²) in [6, 6.07) is 13.7. The first-order valence-corrected chi connectivity index (χ1v) is 10.2. The van der Waals surface area contributed by atoms with E-state index in [4.69, 9.17) is 0 Å². The van der Waals surface area contributed by atoms with Gasteiger partial charge in [-0.25, -0.2) is 4.98 Å². The van der Waals surface area contributed by atoms with E-state index in [1.165, 1.54) is 29.5 Å². The van der Waals surface area contributed by atoms with Gasteiger partial charge in [0, 0.05) is 25.6 Å². The van der Waals surface area contributed by atoms with Gasteiger partial charge in [0.05, 0.1) is 10.2 Å². The Bertz CT molecular complexity index is 996. The van der Waals surface area contributed by atoms with E-state index < -0.39 is 6.36 Å². The lowest BCUT2D eigenvalue weighted by molar-refractivity contribution is -0.274. The topological polar surface area (TPSA) is 45.7 Å². The number of hydrogen-bond acceptors (Lipinski definition) is 5. The number of aryl methyl sites for hydroxylation is 1. The van der Waals surface area contributed by atoms with E-state index in [0.29, 0.717) is 41.3 Å². The number of likely N-dealkylation sites (N-methyl/N-ethyl adjacent to an activating group) is 1. The van der Waals surface area contributed by atoms with Crippen LogP contribution in [0.1, 0.15) is 12.0 Å². The van der Waals surface area contributed by atoms with Crippen molar-refractivity contribution in [3.05, 3.63) is 54.1 Å². The molecule has 0 N–H and O–H groups in total. The number of amides is 1. The summed E-state index contributed by atoms with van der Waals surface area (Å²) in [5, 5.41) is 0.467. The third-order valence-electron chi connectivity index (χ3n) is 4.36. The first-order valence-electron chi connectivity index (χ1n) is 9.36. The van der Waals surface area contributed by atoms with Crippen LogP contribution >= 0.6 is 23.7 Å². The number of carbonyl (C=O) groups excluding carboxylic acids is 1. The summed E-state index contributed by atoms with van der Waals surface area (Å²) in [7, 11) is 3.82. The number of ether oxygens (including phenoxy) is 1. The van der Waals surface area contributed by atoms with Crippen molar-refractivity contribution in [1.82, 2.24) is 9.88 Å². The average Bonchev–Trinajstić information content (AvgIpc) is 3.08. The predicted molar refractivity (Wildman–Crippen MR) is 119 cm³/mol. The molecule has 0 aliphatic heterocycles. The Morgan fingerprint density at radius 3 is 2.45 bits per heavy atom. The molecular formula is C21H23ClF3N3O2S. The number of hydrogen-bond donors (Lipinski definition) is 0. The van der Waals surface area contributed by atoms with Crippen molar-refractivity contribution < 1.29 is 22.7 Å². The van der Waals surface area contributed by atoms with Crippen molar-refractivity contribution in [3.63, 3.8) is 0 Å². The van der Waals surface area contributed by atoms with Crippen LogP contribution in [-0.4, -0.2) is 49.3 Å². The quantitative estimate of drug-likeness (QED) is 0.454. The van der Waals surface area contributed by atoms with E-state index in [0.717, 1.165) is 5.56 Å². The number of carbonyl (C=O) groups is 1. The number of thiazole rings is 1. The van der Waals surface area contributed by atoms with E-state index in [-0.39, 0.29) is 24.1 Å². The van der Waals surface area contributed by atoms with Gasteiger partial charge in [-0.1, -0.05) is 41.7 Å². The Morgan fingerprint density at radius 1 is 1.10 bits per heavy atom. The maximum atomic E-state index is 13.0. The average molecular weight is 474 g/mol. The van der Waals surface area contributed by atoms with E-state index >= 15 is 0 Å². The standard InChI is InChI=1S/C21H22F3N3O2S.ClH/c1-26(2)12-13-27(19(28)11-8-15-6-4-3-5-7-15)20-25-17-10-9-16(14-18(17)30-20)29-21(22,23)24;/h3-7,9-10,14H,8,11-13H2,1-2H3;1H. The van der Waals surface area contributed by atoms with E-state index in [1.807, 2.05) is 49.3 Å². The highest BCUT2D eigenvalue weighted by molar-refractivity contribution is 7.22. The SMILES string of the molecule is CN(C)CCN(C(=O)CCc1ccccc1)c1nc2ccc(OC(F)(F)F)cc2s1.Cl. The van der Waals surface area contributed by atoms with Gasteiger partial charge in [-0.2, -0.15) is 0 Å². The minimum Gasteiger partial charge on any atom is -0.406 e. The monoisotopic (exact) mass is 473 g/mol. The molecule has 3 rings (SSSR count). The van der Waals surface area contributed by atoms with Crippen LogP contribution in [0.15, 0.2) is 48.5 Å². The molecule has 1 amide bonds. The summed E-state index contributed by atoms with van der Waals surface area (Å²) in [4.78, 5) is 21.0. The smallest absolute Gasteiger partial charge is 0.406 e. The van der Waals surface area contributed by atoms with Gasteiger partial charge in [0.1, 0.15) is 5.75 Å². The van der Waals surface area contributed by atoms with Crippen LogP contribution in [0, 0.1) is 0 Å². The van der Waals surface area contributed by atoms with Gasteiger partial charge in [0.2, 0.25) is 5.91 Å². The summed E-state index contributed by atoms with van der Waals surface area (Å²) in [5.41, 5.74) is 1.59. The molecule has 2 aromatic carbocycles. The van der Waals surface area contributed by atoms with Crippen molar-refractivity contribution in [2.75, 3.05) is 32.1 Å². The molecule has 0 bridgehead atoms. The predicted octanol–water partition coefficient (Wildman–Crippen LogP) is 5.14. The number of halogens is 4. The Hall–Kier alpha value is -2.36. The molecule has 168 valence electrons. The normalized spacial score (nSPS) is 11.4. The van der Waals surface area contributed by atoms with Crippen LogP contribution in [0.2, 0.25) is 0 Å². The van der Waals surface area contributed by atoms with Crippen LogP contribution in [0.25, 0.3) is 10.2 Å². The molecule has 0 saturated carbocycles. The van der Waals surface area contributed by atoms with E-state index in [1.54, 1.807) is 4.90 Å². The number of benzene rings is 2. The third kappa shape index (κ3) is 7.37. The number of anilines is 1. The molecule has 0 unspecified atom stereocenters. The lowest BCUT2D eigenvalue weighted by Crippen LogP contribution is -2.36. The highest BCUT2D eigenvalue weighted by atomic mass is 35.5. The number of fused-ring (bicyclic) bond motifs is 1. The van der Waals surface area contributed by atoms with Crippen LogP contribution < -0.4 is 9.64 Å². The second-order valence-corrected chi connectivity index (χ2v) is 8.02. The molecule has 0 aliphatic carbocycles. The highest BCUT2D eigenvalue weighted by Gasteiger charge is 2.31. The lowest BCUT2D eigenvalue weighted by Gasteiger charge is -2.22. The van der Waals surface area contributed by atoms with Crippen LogP contribution in [0.5, 0.6) is 5.75 Å². The minimum absolute atomic E-state index is 0. The molecule has 1 aromatic heterocycles. The Balaban J connectivity index is 0.00000341. The first kappa shape index (κ1) is 24.9. The second-order valence-electron chi connectivity index (χ2n) is 7.01. The number of alkyl halides is 3. The molecule has 0 saturated heterocycles. The number of rotatable bonds is 8. The molecule has 1 heterocycles. The molecule has 0 atom stereocenters. The summed E-state index contributed by atoms with van der Waals surface area (Å²) in [6.45, 7) is 1.07. The van der Waals surface area contributed by atoms with Crippen molar-refractivity contribution in [3.8, 4) is 5.75 Å². The maximum Gasteiger partial charge on any atom is 0.573 e. The molecule has 3 aromatic rings. The molecule has 5 nitrogen and oxygen atoms in total. The Kier molecular flexibility index (Phi) is 8.67. The fourth-order valence-electron chi connectivity index (χ4n) is 2.86. The number of aromatic nitrogens is 1. The zero-order chi connectivity index (χ0) is 21.7. The molecule has 0 fully saturated rings. The van der Waals surface area contributed by atoms with Crippen molar-refractivity contribution in [1.29, 1.82) is 0 Å². The third-order valence-corrected chi connectivity index (χ3v) is 5.40. The molecule has 0 spiro atoms. The second kappa shape index (κ2) is 10.8. The fraction of sp³-hybridized carbons (Fsp3) is 0.333. The maximum absolute atomic E-state index is 13.0. The van der Waals surface area contributed by atoms with Crippen molar-refractivity contribution in [2.45, 2.75) is 19.2 Å². The van der Waals surface area contributed by atoms with E-state index in [2.05, 4.69) is 9.72 Å². The van der Waals surface area contributed by atoms with Gasteiger partial charge in [-0.05, 0) is 38.2 Å². The zero-order valence-corrected chi connectivity index (χ0v) is 18.7. The van der Waals surface area contributed by atoms with Gasteiger partial charge in [0.15, 0.2) is 5.13 Å². The van der Waals surface area contributed by atoms with Gasteiger partial charge >= 0.3 is 6.36 Å². The van der Waals surface area contributed by atoms with Crippen molar-refractivity contribution in [2.24, 2.45) is 0 Å². The molecule has 0 aliphatic rings. The molecule has 31 heavy (non-hydrogen) atoms. The fourth-order valence-corrected chi connectivity index (χ4v) is 3.90. The Morgan fingerprint density at radius 2 is 1.81 bits per heavy atom. The number of nitrogens with zero attached hydrogens (tertiary/aromatic N) is 3. The molecule has 10 heteroatoms. The van der Waals surface area contributed by atoms with Gasteiger partial charge < -0.3 is 9.64 Å². The minimum atomic E-state index is -4.76. The largest absolute Gasteiger partial charge is 0.573 e. The molecule has 0 radical (unpaired) electrons. The van der Waals surface area contributed by atoms with Gasteiger partial charge in [-0.15, -0.1) is 25.6 Å². The van der Waals surface area contributed by atoms with E-state index in [9.17, 15) is 18.0 Å². The molecular weight excluding hydrogens is 451 g/mol. The van der Waals surface area contributed by atoms with Gasteiger partial charge in [-0.3, -0.25) is 9.69 Å². The van der Waals surface area contributed by atoms with Gasteiger partial charge in [0.25, 0.3) is 0 Å². The lowest BCUT2D eigenvalue weighted by atomic mass is 10.1. The van der Waals surface area contributed by atoms with Crippen LogP contribution in [0.4, 0.5) is 18.3 Å². The summed E-state index contributed by atoms with van der Waals surface area (Å²) >= 11 is 1.18. The Labute approximate surface area is 188 Å². The summed E-state index contributed by atoms with van der Waals surface area (Å²) < 4.78 is 42.0. The van der Waals surface area contributed by atoms with Crippen LogP contribution in [0.3, 0.4) is 0 Å². The first-order chi connectivity index (χ1) is 14.2. The zero-order valence-electron chi connectivity index (χ0n) is 17.1. The summed E-state index contributed by atoms with van der Waals surface area (Å²) in [5.74, 6) is -0.382.